The molecule has 2 amide bonds. The van der Waals surface area contributed by atoms with Gasteiger partial charge in [-0.15, -0.1) is 0 Å². The van der Waals surface area contributed by atoms with E-state index in [1.807, 2.05) is 37.3 Å². The van der Waals surface area contributed by atoms with Crippen molar-refractivity contribution in [3.63, 3.8) is 0 Å². The molecule has 78 valence electrons. The van der Waals surface area contributed by atoms with Crippen LogP contribution in [0.1, 0.15) is 12.5 Å². The summed E-state index contributed by atoms with van der Waals surface area (Å²) in [6, 6.07) is 9.71. The number of carbonyl (C=O) groups excluding carboxylic acids is 1. The minimum absolute atomic E-state index is 0.123. The number of nitrogens with zero attached hydrogens (tertiary/aromatic N) is 2. The van der Waals surface area contributed by atoms with E-state index < -0.39 is 0 Å². The predicted molar refractivity (Wildman–Crippen MR) is 58.7 cm³/mol. The molecular formula is C11H13N3O. The lowest BCUT2D eigenvalue weighted by atomic mass is 10.2. The lowest BCUT2D eigenvalue weighted by Crippen LogP contribution is -2.27. The van der Waals surface area contributed by atoms with E-state index in [2.05, 4.69) is 10.4 Å². The number of amides is 2. The number of carbonyl (C=O) groups is 1. The van der Waals surface area contributed by atoms with Gasteiger partial charge in [0.2, 0.25) is 0 Å². The normalized spacial score (nSPS) is 21.0. The molecule has 1 fully saturated rings. The van der Waals surface area contributed by atoms with E-state index in [4.69, 9.17) is 0 Å². The summed E-state index contributed by atoms with van der Waals surface area (Å²) in [5.74, 6) is 0. The Hall–Kier alpha value is -1.84. The SMILES string of the molecule is C[C@H]1CNC(=O)N1/N=C/c1ccccc1. The van der Waals surface area contributed by atoms with Gasteiger partial charge in [0.1, 0.15) is 0 Å². The van der Waals surface area contributed by atoms with Crippen molar-refractivity contribution < 1.29 is 4.79 Å². The van der Waals surface area contributed by atoms with Gasteiger partial charge in [0.05, 0.1) is 12.3 Å². The molecule has 0 spiro atoms. The predicted octanol–water partition coefficient (Wildman–Crippen LogP) is 1.43. The van der Waals surface area contributed by atoms with E-state index in [-0.39, 0.29) is 12.1 Å². The molecule has 0 saturated carbocycles. The molecule has 0 aromatic heterocycles. The van der Waals surface area contributed by atoms with Crippen LogP contribution in [0, 0.1) is 0 Å². The van der Waals surface area contributed by atoms with E-state index in [1.54, 1.807) is 6.21 Å². The smallest absolute Gasteiger partial charge is 0.334 e. The molecule has 1 aliphatic rings. The zero-order valence-corrected chi connectivity index (χ0v) is 8.55. The molecule has 1 atom stereocenters. The van der Waals surface area contributed by atoms with Crippen LogP contribution >= 0.6 is 0 Å². The van der Waals surface area contributed by atoms with Crippen LogP contribution < -0.4 is 5.32 Å². The molecule has 0 radical (unpaired) electrons. The quantitative estimate of drug-likeness (QED) is 0.726. The van der Waals surface area contributed by atoms with Crippen LogP contribution in [0.4, 0.5) is 4.79 Å². The van der Waals surface area contributed by atoms with E-state index >= 15 is 0 Å². The van der Waals surface area contributed by atoms with Crippen LogP contribution in [0.2, 0.25) is 0 Å². The van der Waals surface area contributed by atoms with E-state index in [0.717, 1.165) is 5.56 Å². The average Bonchev–Trinajstić information content (AvgIpc) is 2.58. The fourth-order valence-corrected chi connectivity index (χ4v) is 1.44. The fraction of sp³-hybridized carbons (Fsp3) is 0.273. The lowest BCUT2D eigenvalue weighted by molar-refractivity contribution is 0.210. The van der Waals surface area contributed by atoms with Gasteiger partial charge < -0.3 is 5.32 Å². The molecule has 4 nitrogen and oxygen atoms in total. The number of nitrogens with one attached hydrogen (secondary N) is 1. The third kappa shape index (κ3) is 2.15. The van der Waals surface area contributed by atoms with Crippen LogP contribution in [0.15, 0.2) is 35.4 Å². The van der Waals surface area contributed by atoms with Crippen molar-refractivity contribution in [1.29, 1.82) is 0 Å². The Morgan fingerprint density at radius 1 is 1.47 bits per heavy atom. The fourth-order valence-electron chi connectivity index (χ4n) is 1.44. The molecule has 1 aliphatic heterocycles. The van der Waals surface area contributed by atoms with Gasteiger partial charge in [-0.3, -0.25) is 0 Å². The number of rotatable bonds is 2. The minimum atomic E-state index is -0.130. The Kier molecular flexibility index (Phi) is 2.67. The first-order chi connectivity index (χ1) is 7.27. The standard InChI is InChI=1S/C11H13N3O/c1-9-7-12-11(15)14(9)13-8-10-5-3-2-4-6-10/h2-6,8-9H,7H2,1H3,(H,12,15)/b13-8+/t9-/m0/s1. The monoisotopic (exact) mass is 203 g/mol. The summed E-state index contributed by atoms with van der Waals surface area (Å²) in [6.45, 7) is 2.62. The summed E-state index contributed by atoms with van der Waals surface area (Å²) in [4.78, 5) is 11.3. The van der Waals surface area contributed by atoms with Gasteiger partial charge in [-0.2, -0.15) is 5.10 Å². The lowest BCUT2D eigenvalue weighted by Gasteiger charge is -2.12. The van der Waals surface area contributed by atoms with E-state index in [9.17, 15) is 4.79 Å². The van der Waals surface area contributed by atoms with Crippen molar-refractivity contribution in [3.8, 4) is 0 Å². The first-order valence-electron chi connectivity index (χ1n) is 4.93. The molecule has 4 heteroatoms. The highest BCUT2D eigenvalue weighted by Gasteiger charge is 2.26. The topological polar surface area (TPSA) is 44.7 Å². The Bertz CT molecular complexity index is 375. The van der Waals surface area contributed by atoms with Crippen molar-refractivity contribution in [2.75, 3.05) is 6.54 Å². The zero-order valence-electron chi connectivity index (χ0n) is 8.55. The number of urea groups is 1. The Morgan fingerprint density at radius 3 is 2.80 bits per heavy atom. The second-order valence-corrected chi connectivity index (χ2v) is 3.53. The maximum atomic E-state index is 11.3. The highest BCUT2D eigenvalue weighted by atomic mass is 16.2. The van der Waals surface area contributed by atoms with Crippen LogP contribution in [-0.4, -0.2) is 29.8 Å². The van der Waals surface area contributed by atoms with Gasteiger partial charge >= 0.3 is 6.03 Å². The van der Waals surface area contributed by atoms with Gasteiger partial charge in [0.25, 0.3) is 0 Å². The molecule has 1 saturated heterocycles. The summed E-state index contributed by atoms with van der Waals surface area (Å²) in [7, 11) is 0. The maximum Gasteiger partial charge on any atom is 0.338 e. The number of benzene rings is 1. The van der Waals surface area contributed by atoms with E-state index in [1.165, 1.54) is 5.01 Å². The van der Waals surface area contributed by atoms with Crippen molar-refractivity contribution in [2.45, 2.75) is 13.0 Å². The summed E-state index contributed by atoms with van der Waals surface area (Å²) >= 11 is 0. The van der Waals surface area contributed by atoms with Crippen molar-refractivity contribution in [3.05, 3.63) is 35.9 Å². The largest absolute Gasteiger partial charge is 0.338 e. The van der Waals surface area contributed by atoms with Crippen LogP contribution in [0.5, 0.6) is 0 Å². The Labute approximate surface area is 88.6 Å². The third-order valence-electron chi connectivity index (χ3n) is 2.31. The van der Waals surface area contributed by atoms with Gasteiger partial charge in [-0.25, -0.2) is 9.80 Å². The second kappa shape index (κ2) is 4.13. The highest BCUT2D eigenvalue weighted by molar-refractivity contribution is 5.82. The summed E-state index contributed by atoms with van der Waals surface area (Å²) in [5.41, 5.74) is 0.990. The molecule has 0 unspecified atom stereocenters. The second-order valence-electron chi connectivity index (χ2n) is 3.53. The molecule has 0 bridgehead atoms. The average molecular weight is 203 g/mol. The molecule has 1 aromatic rings. The molecule has 2 rings (SSSR count). The summed E-state index contributed by atoms with van der Waals surface area (Å²) in [5, 5.41) is 8.35. The van der Waals surface area contributed by atoms with Crippen molar-refractivity contribution in [1.82, 2.24) is 10.3 Å². The van der Waals surface area contributed by atoms with Gasteiger partial charge in [0.15, 0.2) is 0 Å². The number of hydrogen-bond acceptors (Lipinski definition) is 2. The van der Waals surface area contributed by atoms with Gasteiger partial charge in [-0.05, 0) is 12.5 Å². The molecule has 15 heavy (non-hydrogen) atoms. The van der Waals surface area contributed by atoms with E-state index in [0.29, 0.717) is 6.54 Å². The molecule has 1 aromatic carbocycles. The zero-order chi connectivity index (χ0) is 10.7. The van der Waals surface area contributed by atoms with Crippen LogP contribution in [-0.2, 0) is 0 Å². The molecule has 1 heterocycles. The number of hydrazone groups is 1. The highest BCUT2D eigenvalue weighted by Crippen LogP contribution is 2.06. The minimum Gasteiger partial charge on any atom is -0.334 e. The first-order valence-corrected chi connectivity index (χ1v) is 4.93. The Morgan fingerprint density at radius 2 is 2.20 bits per heavy atom. The summed E-state index contributed by atoms with van der Waals surface area (Å²) in [6.07, 6.45) is 1.70. The van der Waals surface area contributed by atoms with Gasteiger partial charge in [0, 0.05) is 6.54 Å². The maximum absolute atomic E-state index is 11.3. The van der Waals surface area contributed by atoms with Crippen molar-refractivity contribution in [2.24, 2.45) is 5.10 Å². The number of hydrogen-bond donors (Lipinski definition) is 1. The van der Waals surface area contributed by atoms with Crippen molar-refractivity contribution >= 4 is 12.2 Å². The Balaban J connectivity index is 2.08. The van der Waals surface area contributed by atoms with Crippen LogP contribution in [0.3, 0.4) is 0 Å². The molecular weight excluding hydrogens is 190 g/mol. The first kappa shape index (κ1) is 9.71. The van der Waals surface area contributed by atoms with Gasteiger partial charge in [-0.1, -0.05) is 30.3 Å². The summed E-state index contributed by atoms with van der Waals surface area (Å²) < 4.78 is 0. The molecule has 1 N–H and O–H groups in total. The molecule has 0 aliphatic carbocycles. The third-order valence-corrected chi connectivity index (χ3v) is 2.31. The van der Waals surface area contributed by atoms with Crippen LogP contribution in [0.25, 0.3) is 0 Å².